The first-order valence-corrected chi connectivity index (χ1v) is 7.31. The molecule has 1 aliphatic carbocycles. The first-order chi connectivity index (χ1) is 9.69. The van der Waals surface area contributed by atoms with Crippen LogP contribution in [-0.2, 0) is 25.6 Å². The Morgan fingerprint density at radius 2 is 2.10 bits per heavy atom. The van der Waals surface area contributed by atoms with Crippen LogP contribution in [0, 0.1) is 0 Å². The third-order valence-corrected chi connectivity index (χ3v) is 4.33. The van der Waals surface area contributed by atoms with Crippen LogP contribution in [0.1, 0.15) is 29.7 Å². The lowest BCUT2D eigenvalue weighted by atomic mass is 9.79. The summed E-state index contributed by atoms with van der Waals surface area (Å²) in [7, 11) is 2.04. The van der Waals surface area contributed by atoms with E-state index in [1.807, 2.05) is 25.4 Å². The van der Waals surface area contributed by atoms with Crippen molar-refractivity contribution in [3.05, 3.63) is 59.4 Å². The lowest BCUT2D eigenvalue weighted by molar-refractivity contribution is 0.0188. The van der Waals surface area contributed by atoms with E-state index in [1.165, 1.54) is 11.3 Å². The fourth-order valence-corrected chi connectivity index (χ4v) is 3.16. The number of fused-ring (bicyclic) bond motifs is 1. The van der Waals surface area contributed by atoms with Crippen LogP contribution in [0.3, 0.4) is 0 Å². The van der Waals surface area contributed by atoms with Gasteiger partial charge in [-0.1, -0.05) is 24.3 Å². The number of aliphatic hydroxyl groups is 1. The van der Waals surface area contributed by atoms with Crippen LogP contribution in [0.5, 0.6) is 0 Å². The minimum absolute atomic E-state index is 0.606. The number of aromatic nitrogens is 1. The second-order valence-corrected chi connectivity index (χ2v) is 5.76. The van der Waals surface area contributed by atoms with Crippen LogP contribution in [0.4, 0.5) is 0 Å². The zero-order valence-electron chi connectivity index (χ0n) is 12.0. The SMILES string of the molecule is Cn1cccc1CNCC1(O)CCCc2ccccc21. The van der Waals surface area contributed by atoms with E-state index in [-0.39, 0.29) is 0 Å². The predicted octanol–water partition coefficient (Wildman–Crippen LogP) is 2.34. The molecule has 3 heteroatoms. The topological polar surface area (TPSA) is 37.2 Å². The molecule has 0 saturated heterocycles. The van der Waals surface area contributed by atoms with Crippen molar-refractivity contribution in [2.24, 2.45) is 7.05 Å². The molecule has 0 fully saturated rings. The van der Waals surface area contributed by atoms with E-state index < -0.39 is 5.60 Å². The van der Waals surface area contributed by atoms with Gasteiger partial charge in [0.1, 0.15) is 5.60 Å². The van der Waals surface area contributed by atoms with E-state index in [1.54, 1.807) is 0 Å². The van der Waals surface area contributed by atoms with Crippen molar-refractivity contribution >= 4 is 0 Å². The van der Waals surface area contributed by atoms with Crippen LogP contribution in [0.2, 0.25) is 0 Å². The molecule has 106 valence electrons. The normalized spacial score (nSPS) is 21.7. The molecule has 0 bridgehead atoms. The molecule has 2 aromatic rings. The fraction of sp³-hybridized carbons (Fsp3) is 0.412. The van der Waals surface area contributed by atoms with Crippen molar-refractivity contribution in [2.45, 2.75) is 31.4 Å². The second-order valence-electron chi connectivity index (χ2n) is 5.76. The quantitative estimate of drug-likeness (QED) is 0.895. The number of hydrogen-bond donors (Lipinski definition) is 2. The predicted molar refractivity (Wildman–Crippen MR) is 80.4 cm³/mol. The van der Waals surface area contributed by atoms with E-state index in [0.29, 0.717) is 6.54 Å². The van der Waals surface area contributed by atoms with Gasteiger partial charge < -0.3 is 15.0 Å². The Morgan fingerprint density at radius 1 is 1.25 bits per heavy atom. The van der Waals surface area contributed by atoms with Gasteiger partial charge in [0.2, 0.25) is 0 Å². The van der Waals surface area contributed by atoms with Crippen molar-refractivity contribution in [1.29, 1.82) is 0 Å². The maximum Gasteiger partial charge on any atom is 0.102 e. The molecule has 20 heavy (non-hydrogen) atoms. The zero-order valence-corrected chi connectivity index (χ0v) is 12.0. The maximum atomic E-state index is 11.0. The molecule has 1 aliphatic rings. The van der Waals surface area contributed by atoms with Gasteiger partial charge in [-0.25, -0.2) is 0 Å². The molecule has 0 spiro atoms. The van der Waals surface area contributed by atoms with Crippen LogP contribution >= 0.6 is 0 Å². The largest absolute Gasteiger partial charge is 0.384 e. The van der Waals surface area contributed by atoms with Gasteiger partial charge in [-0.2, -0.15) is 0 Å². The molecule has 0 radical (unpaired) electrons. The molecule has 2 N–H and O–H groups in total. The Bertz CT molecular complexity index is 590. The summed E-state index contributed by atoms with van der Waals surface area (Å²) in [4.78, 5) is 0. The summed E-state index contributed by atoms with van der Waals surface area (Å²) in [5.41, 5.74) is 2.91. The number of aryl methyl sites for hydroxylation is 2. The summed E-state index contributed by atoms with van der Waals surface area (Å²) in [5.74, 6) is 0. The van der Waals surface area contributed by atoms with Crippen LogP contribution < -0.4 is 5.32 Å². The molecule has 1 aromatic carbocycles. The third-order valence-electron chi connectivity index (χ3n) is 4.33. The Morgan fingerprint density at radius 3 is 2.90 bits per heavy atom. The number of benzene rings is 1. The molecule has 1 atom stereocenters. The highest BCUT2D eigenvalue weighted by molar-refractivity contribution is 5.35. The number of hydrogen-bond acceptors (Lipinski definition) is 2. The van der Waals surface area contributed by atoms with E-state index in [4.69, 9.17) is 0 Å². The summed E-state index contributed by atoms with van der Waals surface area (Å²) in [6.45, 7) is 1.39. The van der Waals surface area contributed by atoms with Gasteiger partial charge in [0, 0.05) is 32.0 Å². The summed E-state index contributed by atoms with van der Waals surface area (Å²) in [6.07, 6.45) is 5.02. The van der Waals surface area contributed by atoms with E-state index >= 15 is 0 Å². The molecule has 1 heterocycles. The first kappa shape index (κ1) is 13.4. The zero-order chi connectivity index (χ0) is 14.0. The molecular formula is C17H22N2O. The van der Waals surface area contributed by atoms with E-state index in [0.717, 1.165) is 31.4 Å². The Hall–Kier alpha value is -1.58. The molecule has 0 amide bonds. The van der Waals surface area contributed by atoms with Gasteiger partial charge >= 0.3 is 0 Å². The third kappa shape index (κ3) is 2.51. The monoisotopic (exact) mass is 270 g/mol. The molecule has 0 saturated carbocycles. The van der Waals surface area contributed by atoms with Crippen LogP contribution in [-0.4, -0.2) is 16.2 Å². The lowest BCUT2D eigenvalue weighted by Crippen LogP contribution is -2.40. The molecule has 0 aliphatic heterocycles. The van der Waals surface area contributed by atoms with E-state index in [9.17, 15) is 5.11 Å². The highest BCUT2D eigenvalue weighted by Crippen LogP contribution is 2.34. The average molecular weight is 270 g/mol. The molecule has 1 aromatic heterocycles. The number of nitrogens with zero attached hydrogens (tertiary/aromatic N) is 1. The van der Waals surface area contributed by atoms with Gasteiger partial charge in [-0.15, -0.1) is 0 Å². The lowest BCUT2D eigenvalue weighted by Gasteiger charge is -2.34. The highest BCUT2D eigenvalue weighted by Gasteiger charge is 2.33. The Balaban J connectivity index is 1.69. The van der Waals surface area contributed by atoms with Crippen LogP contribution in [0.15, 0.2) is 42.6 Å². The fourth-order valence-electron chi connectivity index (χ4n) is 3.16. The van der Waals surface area contributed by atoms with Crippen molar-refractivity contribution in [2.75, 3.05) is 6.54 Å². The Labute approximate surface area is 120 Å². The average Bonchev–Trinajstić information content (AvgIpc) is 2.85. The van der Waals surface area contributed by atoms with Crippen molar-refractivity contribution in [1.82, 2.24) is 9.88 Å². The Kier molecular flexibility index (Phi) is 3.64. The summed E-state index contributed by atoms with van der Waals surface area (Å²) >= 11 is 0. The standard InChI is InChI=1S/C17H22N2O/c1-19-11-5-8-15(19)12-18-13-17(20)10-4-7-14-6-2-3-9-16(14)17/h2-3,5-6,8-9,11,18,20H,4,7,10,12-13H2,1H3. The summed E-state index contributed by atoms with van der Waals surface area (Å²) < 4.78 is 2.10. The van der Waals surface area contributed by atoms with Crippen LogP contribution in [0.25, 0.3) is 0 Å². The van der Waals surface area contributed by atoms with Crippen molar-refractivity contribution in [3.8, 4) is 0 Å². The molecular weight excluding hydrogens is 248 g/mol. The molecule has 3 rings (SSSR count). The number of nitrogens with one attached hydrogen (secondary N) is 1. The van der Waals surface area contributed by atoms with Gasteiger partial charge in [0.25, 0.3) is 0 Å². The highest BCUT2D eigenvalue weighted by atomic mass is 16.3. The second kappa shape index (κ2) is 5.43. The smallest absolute Gasteiger partial charge is 0.102 e. The molecule has 1 unspecified atom stereocenters. The van der Waals surface area contributed by atoms with Gasteiger partial charge in [0.15, 0.2) is 0 Å². The minimum Gasteiger partial charge on any atom is -0.384 e. The van der Waals surface area contributed by atoms with Gasteiger partial charge in [-0.05, 0) is 42.5 Å². The van der Waals surface area contributed by atoms with E-state index in [2.05, 4.69) is 34.1 Å². The summed E-state index contributed by atoms with van der Waals surface area (Å²) in [5, 5.41) is 14.4. The van der Waals surface area contributed by atoms with Gasteiger partial charge in [0.05, 0.1) is 0 Å². The van der Waals surface area contributed by atoms with Crippen molar-refractivity contribution in [3.63, 3.8) is 0 Å². The maximum absolute atomic E-state index is 11.0. The van der Waals surface area contributed by atoms with Crippen molar-refractivity contribution < 1.29 is 5.11 Å². The number of rotatable bonds is 4. The minimum atomic E-state index is -0.722. The summed E-state index contributed by atoms with van der Waals surface area (Å²) in [6, 6.07) is 12.4. The van der Waals surface area contributed by atoms with Gasteiger partial charge in [-0.3, -0.25) is 0 Å². The molecule has 3 nitrogen and oxygen atoms in total. The first-order valence-electron chi connectivity index (χ1n) is 7.31.